The molecule has 0 aliphatic heterocycles. The van der Waals surface area contributed by atoms with E-state index in [1.165, 1.54) is 7.11 Å². The van der Waals surface area contributed by atoms with Gasteiger partial charge in [-0.2, -0.15) is 10.4 Å². The van der Waals surface area contributed by atoms with E-state index in [0.29, 0.717) is 18.0 Å². The number of hydrogen-bond acceptors (Lipinski definition) is 9. The number of rotatable bonds is 9. The molecule has 3 aliphatic rings. The fraction of sp³-hybridized carbons (Fsp3) is 0.469. The van der Waals surface area contributed by atoms with Crippen LogP contribution in [0.1, 0.15) is 63.0 Å². The van der Waals surface area contributed by atoms with Crippen LogP contribution in [0.4, 0.5) is 10.5 Å². The molecule has 4 aromatic rings. The number of nitriles is 1. The van der Waals surface area contributed by atoms with Gasteiger partial charge in [-0.05, 0) is 81.5 Å². The normalized spacial score (nSPS) is 22.7. The molecule has 4 aromatic heterocycles. The summed E-state index contributed by atoms with van der Waals surface area (Å²) < 4.78 is 8.44. The molecule has 0 aromatic carbocycles. The Morgan fingerprint density at radius 2 is 1.87 bits per heavy atom. The van der Waals surface area contributed by atoms with Crippen molar-refractivity contribution < 1.29 is 14.3 Å². The van der Waals surface area contributed by atoms with E-state index in [0.717, 1.165) is 85.2 Å². The first kappa shape index (κ1) is 28.8. The first-order chi connectivity index (χ1) is 22.0. The quantitative estimate of drug-likeness (QED) is 0.254. The molecule has 3 aliphatic carbocycles. The maximum atomic E-state index is 12.2. The van der Waals surface area contributed by atoms with Crippen molar-refractivity contribution in [3.05, 3.63) is 48.4 Å². The highest BCUT2D eigenvalue weighted by Gasteiger charge is 2.33. The number of methoxy groups -OCH3 is 1. The summed E-state index contributed by atoms with van der Waals surface area (Å²) >= 11 is 0. The number of nitrogens with one attached hydrogen (secondary N) is 3. The number of alkyl carbamates (subject to hydrolysis) is 1. The standard InChI is InChI=1S/C32H36N10O3/c1-45-32(44)35-15-19-10-23(11-19)37-27-13-28(30-9-8-25-12-20(14-33)16-36-42(25)30)34-17-26(27)29-18-41(40-39-29)24-6-4-22(5-7-24)38-31(43)21-2-3-21/h8-9,12-13,16-19,21-24H,2-7,10-11,15H2,1H3,(H,34,37)(H,35,44)(H,38,43). The minimum absolute atomic E-state index is 0.214. The van der Waals surface area contributed by atoms with Gasteiger partial charge in [-0.15, -0.1) is 5.10 Å². The lowest BCUT2D eigenvalue weighted by molar-refractivity contribution is -0.123. The summed E-state index contributed by atoms with van der Waals surface area (Å²) in [6, 6.07) is 10.5. The number of fused-ring (bicyclic) bond motifs is 1. The molecule has 0 bridgehead atoms. The van der Waals surface area contributed by atoms with Crippen LogP contribution in [0.3, 0.4) is 0 Å². The third-order valence-electron chi connectivity index (χ3n) is 9.26. The van der Waals surface area contributed by atoms with Gasteiger partial charge >= 0.3 is 6.09 Å². The van der Waals surface area contributed by atoms with Crippen LogP contribution in [0.2, 0.25) is 0 Å². The van der Waals surface area contributed by atoms with Crippen molar-refractivity contribution in [3.8, 4) is 28.7 Å². The SMILES string of the molecule is COC(=O)NCC1CC(Nc2cc(-c3ccc4cc(C#N)cnn34)ncc2-c2cn(C3CCC(NC(=O)C4CC4)CC3)nn2)C1. The summed E-state index contributed by atoms with van der Waals surface area (Å²) in [5, 5.41) is 32.5. The highest BCUT2D eigenvalue weighted by atomic mass is 16.5. The highest BCUT2D eigenvalue weighted by Crippen LogP contribution is 2.37. The first-order valence-corrected chi connectivity index (χ1v) is 15.7. The van der Waals surface area contributed by atoms with E-state index in [9.17, 15) is 14.9 Å². The van der Waals surface area contributed by atoms with Gasteiger partial charge in [-0.25, -0.2) is 14.0 Å². The minimum Gasteiger partial charge on any atom is -0.453 e. The summed E-state index contributed by atoms with van der Waals surface area (Å²) in [6.45, 7) is 0.576. The van der Waals surface area contributed by atoms with Crippen LogP contribution in [0.5, 0.6) is 0 Å². The molecule has 0 spiro atoms. The van der Waals surface area contributed by atoms with Gasteiger partial charge in [-0.1, -0.05) is 5.21 Å². The molecule has 0 saturated heterocycles. The second kappa shape index (κ2) is 12.2. The van der Waals surface area contributed by atoms with E-state index >= 15 is 0 Å². The molecule has 232 valence electrons. The van der Waals surface area contributed by atoms with Gasteiger partial charge in [-0.3, -0.25) is 9.78 Å². The van der Waals surface area contributed by atoms with Crippen LogP contribution in [0.15, 0.2) is 42.9 Å². The number of nitrogens with zero attached hydrogens (tertiary/aromatic N) is 7. The average molecular weight is 609 g/mol. The summed E-state index contributed by atoms with van der Waals surface area (Å²) in [5.74, 6) is 0.810. The number of ether oxygens (including phenoxy) is 1. The molecule has 2 amide bonds. The van der Waals surface area contributed by atoms with Gasteiger partial charge < -0.3 is 20.7 Å². The topological polar surface area (TPSA) is 164 Å². The van der Waals surface area contributed by atoms with Crippen molar-refractivity contribution in [2.24, 2.45) is 11.8 Å². The molecule has 3 saturated carbocycles. The van der Waals surface area contributed by atoms with Crippen molar-refractivity contribution in [3.63, 3.8) is 0 Å². The lowest BCUT2D eigenvalue weighted by Crippen LogP contribution is -2.42. The second-order valence-corrected chi connectivity index (χ2v) is 12.4. The van der Waals surface area contributed by atoms with E-state index < -0.39 is 6.09 Å². The third kappa shape index (κ3) is 6.18. The van der Waals surface area contributed by atoms with Gasteiger partial charge in [0.2, 0.25) is 5.91 Å². The number of aromatic nitrogens is 6. The Hall–Kier alpha value is -4.99. The summed E-state index contributed by atoms with van der Waals surface area (Å²) in [4.78, 5) is 28.5. The highest BCUT2D eigenvalue weighted by molar-refractivity contribution is 5.81. The van der Waals surface area contributed by atoms with Gasteiger partial charge in [0, 0.05) is 42.0 Å². The predicted molar refractivity (Wildman–Crippen MR) is 165 cm³/mol. The lowest BCUT2D eigenvalue weighted by atomic mass is 9.80. The molecule has 4 heterocycles. The number of amides is 2. The molecule has 3 fully saturated rings. The molecule has 45 heavy (non-hydrogen) atoms. The van der Waals surface area contributed by atoms with E-state index in [-0.39, 0.29) is 30.0 Å². The van der Waals surface area contributed by atoms with Crippen molar-refractivity contribution in [1.82, 2.24) is 40.2 Å². The monoisotopic (exact) mass is 608 g/mol. The molecule has 13 nitrogen and oxygen atoms in total. The molecular formula is C32H36N10O3. The maximum absolute atomic E-state index is 12.2. The number of anilines is 1. The van der Waals surface area contributed by atoms with Crippen LogP contribution in [0, 0.1) is 23.2 Å². The van der Waals surface area contributed by atoms with Gasteiger partial charge in [0.25, 0.3) is 0 Å². The van der Waals surface area contributed by atoms with Crippen LogP contribution >= 0.6 is 0 Å². The zero-order valence-electron chi connectivity index (χ0n) is 25.1. The van der Waals surface area contributed by atoms with Gasteiger partial charge in [0.15, 0.2) is 0 Å². The van der Waals surface area contributed by atoms with E-state index in [2.05, 4.69) is 37.4 Å². The Morgan fingerprint density at radius 3 is 2.62 bits per heavy atom. The first-order valence-electron chi connectivity index (χ1n) is 15.7. The Morgan fingerprint density at radius 1 is 1.04 bits per heavy atom. The number of carbonyl (C=O) groups is 2. The van der Waals surface area contributed by atoms with E-state index in [1.54, 1.807) is 16.8 Å². The summed E-state index contributed by atoms with van der Waals surface area (Å²) in [5.41, 5.74) is 5.35. The van der Waals surface area contributed by atoms with E-state index in [1.807, 2.05) is 35.3 Å². The van der Waals surface area contributed by atoms with Crippen LogP contribution in [-0.4, -0.2) is 67.3 Å². The zero-order valence-corrected chi connectivity index (χ0v) is 25.1. The Bertz CT molecular complexity index is 1760. The lowest BCUT2D eigenvalue weighted by Gasteiger charge is -2.36. The van der Waals surface area contributed by atoms with Crippen molar-refractivity contribution in [1.29, 1.82) is 5.26 Å². The fourth-order valence-corrected chi connectivity index (χ4v) is 6.44. The Kier molecular flexibility index (Phi) is 7.79. The molecule has 0 unspecified atom stereocenters. The number of hydrogen-bond donors (Lipinski definition) is 3. The predicted octanol–water partition coefficient (Wildman–Crippen LogP) is 4.08. The van der Waals surface area contributed by atoms with Gasteiger partial charge in [0.1, 0.15) is 11.8 Å². The molecular weight excluding hydrogens is 572 g/mol. The molecule has 3 N–H and O–H groups in total. The van der Waals surface area contributed by atoms with Gasteiger partial charge in [0.05, 0.1) is 48.0 Å². The van der Waals surface area contributed by atoms with E-state index in [4.69, 9.17) is 9.72 Å². The number of pyridine rings is 1. The van der Waals surface area contributed by atoms with Crippen LogP contribution < -0.4 is 16.0 Å². The fourth-order valence-electron chi connectivity index (χ4n) is 6.44. The molecule has 0 radical (unpaired) electrons. The Labute approximate surface area is 260 Å². The molecule has 13 heteroatoms. The maximum Gasteiger partial charge on any atom is 0.406 e. The molecule has 0 atom stereocenters. The third-order valence-corrected chi connectivity index (χ3v) is 9.26. The van der Waals surface area contributed by atoms with Crippen molar-refractivity contribution in [2.45, 2.75) is 69.5 Å². The largest absolute Gasteiger partial charge is 0.453 e. The smallest absolute Gasteiger partial charge is 0.406 e. The summed E-state index contributed by atoms with van der Waals surface area (Å²) in [6.07, 6.45) is 12.5. The molecule has 7 rings (SSSR count). The van der Waals surface area contributed by atoms with Crippen molar-refractivity contribution in [2.75, 3.05) is 19.0 Å². The minimum atomic E-state index is -0.415. The van der Waals surface area contributed by atoms with Crippen LogP contribution in [-0.2, 0) is 9.53 Å². The van der Waals surface area contributed by atoms with Crippen molar-refractivity contribution >= 4 is 23.2 Å². The average Bonchev–Trinajstić information content (AvgIpc) is 3.64. The zero-order chi connectivity index (χ0) is 30.9. The Balaban J connectivity index is 1.10. The second-order valence-electron chi connectivity index (χ2n) is 12.4. The summed E-state index contributed by atoms with van der Waals surface area (Å²) in [7, 11) is 1.37. The van der Waals surface area contributed by atoms with Crippen LogP contribution in [0.25, 0.3) is 28.2 Å². The number of carbonyl (C=O) groups excluding carboxylic acids is 2.